The Hall–Kier alpha value is -0.330. The molecule has 3 atom stereocenters. The van der Waals surface area contributed by atoms with Gasteiger partial charge in [-0.15, -0.1) is 0 Å². The van der Waals surface area contributed by atoms with E-state index in [1.807, 2.05) is 13.8 Å². The summed E-state index contributed by atoms with van der Waals surface area (Å²) in [5, 5.41) is 0. The van der Waals surface area contributed by atoms with Gasteiger partial charge in [0, 0.05) is 12.3 Å². The molecule has 0 N–H and O–H groups in total. The average Bonchev–Trinajstić information content (AvgIpc) is 2.25. The number of carbonyl (C=O) groups excluding carboxylic acids is 1. The molecule has 0 aromatic heterocycles. The zero-order valence-corrected chi connectivity index (χ0v) is 13.8. The predicted octanol–water partition coefficient (Wildman–Crippen LogP) is 5.34. The quantitative estimate of drug-likeness (QED) is 0.664. The van der Waals surface area contributed by atoms with Crippen LogP contribution in [0.3, 0.4) is 0 Å². The lowest BCUT2D eigenvalue weighted by Gasteiger charge is -2.46. The van der Waals surface area contributed by atoms with Crippen molar-refractivity contribution in [3.05, 3.63) is 0 Å². The number of hydrogen-bond acceptors (Lipinski definition) is 1. The maximum absolute atomic E-state index is 12.4. The molecule has 1 fully saturated rings. The van der Waals surface area contributed by atoms with Crippen molar-refractivity contribution < 1.29 is 4.79 Å². The first kappa shape index (κ1) is 17.7. The first-order valence-electron chi connectivity index (χ1n) is 7.79. The molecule has 1 heteroatoms. The molecule has 0 spiro atoms. The number of carbonyl (C=O) groups is 1. The van der Waals surface area contributed by atoms with Gasteiger partial charge in [0.1, 0.15) is 5.78 Å². The van der Waals surface area contributed by atoms with Crippen molar-refractivity contribution in [2.24, 2.45) is 29.1 Å². The van der Waals surface area contributed by atoms with Gasteiger partial charge >= 0.3 is 0 Å². The molecule has 3 unspecified atom stereocenters. The lowest BCUT2D eigenvalue weighted by atomic mass is 9.57. The summed E-state index contributed by atoms with van der Waals surface area (Å²) in [6.45, 7) is 17.4. The normalized spacial score (nSPS) is 30.6. The van der Waals surface area contributed by atoms with Crippen LogP contribution in [0.5, 0.6) is 0 Å². The monoisotopic (exact) mass is 254 g/mol. The summed E-state index contributed by atoms with van der Waals surface area (Å²) in [5.74, 6) is 2.51. The Bertz CT molecular complexity index is 252. The molecule has 0 aromatic carbocycles. The first-order valence-corrected chi connectivity index (χ1v) is 7.79. The largest absolute Gasteiger partial charge is 0.299 e. The Balaban J connectivity index is 0.00000137. The maximum atomic E-state index is 12.4. The highest BCUT2D eigenvalue weighted by molar-refractivity contribution is 5.82. The number of ketones is 1. The highest BCUT2D eigenvalue weighted by Crippen LogP contribution is 2.48. The van der Waals surface area contributed by atoms with E-state index in [0.29, 0.717) is 23.5 Å². The number of Topliss-reactive ketones (excluding diaryl/α,β-unsaturated/α-hetero) is 1. The van der Waals surface area contributed by atoms with Crippen LogP contribution in [0.4, 0.5) is 0 Å². The molecule has 108 valence electrons. The van der Waals surface area contributed by atoms with Gasteiger partial charge in [-0.2, -0.15) is 0 Å². The summed E-state index contributed by atoms with van der Waals surface area (Å²) in [5.41, 5.74) is 0.184. The van der Waals surface area contributed by atoms with Gasteiger partial charge in [0.2, 0.25) is 0 Å². The minimum absolute atomic E-state index is 0.184. The van der Waals surface area contributed by atoms with Crippen LogP contribution in [0.1, 0.15) is 74.7 Å². The molecule has 1 rings (SSSR count). The molecule has 1 aliphatic rings. The second kappa shape index (κ2) is 7.31. The third kappa shape index (κ3) is 4.10. The number of rotatable bonds is 3. The van der Waals surface area contributed by atoms with Crippen LogP contribution in [0.2, 0.25) is 0 Å². The van der Waals surface area contributed by atoms with Gasteiger partial charge in [0.25, 0.3) is 0 Å². The molecular formula is C17H34O. The van der Waals surface area contributed by atoms with Crippen LogP contribution >= 0.6 is 0 Å². The Morgan fingerprint density at radius 1 is 1.17 bits per heavy atom. The molecule has 0 saturated heterocycles. The average molecular weight is 254 g/mol. The highest BCUT2D eigenvalue weighted by atomic mass is 16.1. The van der Waals surface area contributed by atoms with Crippen molar-refractivity contribution in [3.8, 4) is 0 Å². The fourth-order valence-electron chi connectivity index (χ4n) is 3.35. The van der Waals surface area contributed by atoms with Crippen LogP contribution in [0, 0.1) is 29.1 Å². The van der Waals surface area contributed by atoms with E-state index in [2.05, 4.69) is 41.5 Å². The third-order valence-electron chi connectivity index (χ3n) is 4.65. The zero-order valence-electron chi connectivity index (χ0n) is 13.8. The standard InChI is InChI=1S/C15H28O.C2H6/c1-10(2)9-13(16)14-11(3)7-8-12(4)15(14,5)6;1-2/h10-12,14H,7-9H2,1-6H3;1-2H3. The molecular weight excluding hydrogens is 220 g/mol. The van der Waals surface area contributed by atoms with E-state index in [4.69, 9.17) is 0 Å². The molecule has 1 nitrogen and oxygen atoms in total. The fraction of sp³-hybridized carbons (Fsp3) is 0.941. The Morgan fingerprint density at radius 2 is 1.67 bits per heavy atom. The van der Waals surface area contributed by atoms with E-state index in [1.54, 1.807) is 0 Å². The summed E-state index contributed by atoms with van der Waals surface area (Å²) < 4.78 is 0. The Labute approximate surface area is 115 Å². The van der Waals surface area contributed by atoms with E-state index in [0.717, 1.165) is 6.42 Å². The van der Waals surface area contributed by atoms with Gasteiger partial charge in [-0.1, -0.05) is 55.4 Å². The molecule has 18 heavy (non-hydrogen) atoms. The van der Waals surface area contributed by atoms with Crippen molar-refractivity contribution in [1.29, 1.82) is 0 Å². The van der Waals surface area contributed by atoms with Crippen LogP contribution in [-0.2, 0) is 4.79 Å². The van der Waals surface area contributed by atoms with E-state index < -0.39 is 0 Å². The smallest absolute Gasteiger partial charge is 0.137 e. The summed E-state index contributed by atoms with van der Waals surface area (Å²) in [4.78, 5) is 12.4. The first-order chi connectivity index (χ1) is 8.26. The zero-order chi connectivity index (χ0) is 14.5. The molecule has 0 bridgehead atoms. The Morgan fingerprint density at radius 3 is 2.11 bits per heavy atom. The van der Waals surface area contributed by atoms with Crippen molar-refractivity contribution in [1.82, 2.24) is 0 Å². The molecule has 0 aromatic rings. The van der Waals surface area contributed by atoms with Crippen LogP contribution in [0.15, 0.2) is 0 Å². The van der Waals surface area contributed by atoms with Gasteiger partial charge in [-0.3, -0.25) is 4.79 Å². The molecule has 0 heterocycles. The third-order valence-corrected chi connectivity index (χ3v) is 4.65. The van der Waals surface area contributed by atoms with Gasteiger partial charge in [-0.05, 0) is 36.0 Å². The lowest BCUT2D eigenvalue weighted by molar-refractivity contribution is -0.133. The van der Waals surface area contributed by atoms with Crippen molar-refractivity contribution >= 4 is 5.78 Å². The maximum Gasteiger partial charge on any atom is 0.137 e. The Kier molecular flexibility index (Phi) is 7.17. The van der Waals surface area contributed by atoms with E-state index in [-0.39, 0.29) is 11.3 Å². The van der Waals surface area contributed by atoms with E-state index in [9.17, 15) is 4.79 Å². The van der Waals surface area contributed by atoms with Gasteiger partial charge in [0.05, 0.1) is 0 Å². The fourth-order valence-corrected chi connectivity index (χ4v) is 3.35. The van der Waals surface area contributed by atoms with Crippen molar-refractivity contribution in [3.63, 3.8) is 0 Å². The highest BCUT2D eigenvalue weighted by Gasteiger charge is 2.44. The lowest BCUT2D eigenvalue weighted by Crippen LogP contribution is -2.44. The summed E-state index contributed by atoms with van der Waals surface area (Å²) in [6, 6.07) is 0. The van der Waals surface area contributed by atoms with Crippen LogP contribution in [-0.4, -0.2) is 5.78 Å². The van der Waals surface area contributed by atoms with Gasteiger partial charge < -0.3 is 0 Å². The summed E-state index contributed by atoms with van der Waals surface area (Å²) in [7, 11) is 0. The van der Waals surface area contributed by atoms with Crippen LogP contribution < -0.4 is 0 Å². The molecule has 0 radical (unpaired) electrons. The van der Waals surface area contributed by atoms with Crippen LogP contribution in [0.25, 0.3) is 0 Å². The predicted molar refractivity (Wildman–Crippen MR) is 80.6 cm³/mol. The van der Waals surface area contributed by atoms with Gasteiger partial charge in [0.15, 0.2) is 0 Å². The molecule has 1 saturated carbocycles. The molecule has 0 aliphatic heterocycles. The minimum atomic E-state index is 0.184. The topological polar surface area (TPSA) is 17.1 Å². The summed E-state index contributed by atoms with van der Waals surface area (Å²) >= 11 is 0. The van der Waals surface area contributed by atoms with Crippen molar-refractivity contribution in [2.75, 3.05) is 0 Å². The van der Waals surface area contributed by atoms with E-state index >= 15 is 0 Å². The second-order valence-corrected chi connectivity index (χ2v) is 6.82. The van der Waals surface area contributed by atoms with Crippen molar-refractivity contribution in [2.45, 2.75) is 74.7 Å². The second-order valence-electron chi connectivity index (χ2n) is 6.82. The minimum Gasteiger partial charge on any atom is -0.299 e. The summed E-state index contributed by atoms with van der Waals surface area (Å²) in [6.07, 6.45) is 3.25. The number of hydrogen-bond donors (Lipinski definition) is 0. The SMILES string of the molecule is CC.CC(C)CC(=O)C1C(C)CCC(C)C1(C)C. The van der Waals surface area contributed by atoms with E-state index in [1.165, 1.54) is 12.8 Å². The molecule has 0 amide bonds. The van der Waals surface area contributed by atoms with Gasteiger partial charge in [-0.25, -0.2) is 0 Å². The molecule has 1 aliphatic carbocycles.